The molecule has 2 heteroatoms. The van der Waals surface area contributed by atoms with Crippen LogP contribution in [0.25, 0.3) is 0 Å². The van der Waals surface area contributed by atoms with Gasteiger partial charge in [-0.05, 0) is 37.0 Å². The van der Waals surface area contributed by atoms with Gasteiger partial charge in [0, 0.05) is 10.6 Å². The van der Waals surface area contributed by atoms with Gasteiger partial charge in [0.1, 0.15) is 6.29 Å². The van der Waals surface area contributed by atoms with E-state index in [0.717, 1.165) is 29.7 Å². The third-order valence-corrected chi connectivity index (χ3v) is 4.44. The van der Waals surface area contributed by atoms with Gasteiger partial charge < -0.3 is 0 Å². The van der Waals surface area contributed by atoms with Crippen LogP contribution in [0.4, 0.5) is 0 Å². The molecule has 2 rings (SSSR count). The fourth-order valence-electron chi connectivity index (χ4n) is 3.04. The molecular formula is C12H17ClO. The lowest BCUT2D eigenvalue weighted by Gasteiger charge is -2.45. The Hall–Kier alpha value is -0.300. The van der Waals surface area contributed by atoms with Gasteiger partial charge in [-0.25, -0.2) is 0 Å². The van der Waals surface area contributed by atoms with Crippen molar-refractivity contribution in [1.29, 1.82) is 0 Å². The van der Waals surface area contributed by atoms with Crippen molar-refractivity contribution in [2.24, 2.45) is 11.3 Å². The first kappa shape index (κ1) is 10.2. The minimum absolute atomic E-state index is 0.354. The van der Waals surface area contributed by atoms with Gasteiger partial charge in [0.15, 0.2) is 0 Å². The van der Waals surface area contributed by atoms with Crippen molar-refractivity contribution in [1.82, 2.24) is 0 Å². The van der Waals surface area contributed by atoms with Crippen LogP contribution >= 0.6 is 11.6 Å². The number of carbonyl (C=O) groups is 1. The molecule has 0 aliphatic heterocycles. The van der Waals surface area contributed by atoms with Gasteiger partial charge in [0.05, 0.1) is 0 Å². The van der Waals surface area contributed by atoms with Crippen LogP contribution < -0.4 is 0 Å². The summed E-state index contributed by atoms with van der Waals surface area (Å²) in [5.41, 5.74) is 1.21. The Morgan fingerprint density at radius 1 is 1.50 bits per heavy atom. The maximum atomic E-state index is 10.8. The summed E-state index contributed by atoms with van der Waals surface area (Å²) >= 11 is 6.11. The van der Waals surface area contributed by atoms with E-state index < -0.39 is 0 Å². The second-order valence-electron chi connectivity index (χ2n) is 5.03. The fourth-order valence-corrected chi connectivity index (χ4v) is 3.33. The second-order valence-corrected chi connectivity index (χ2v) is 5.48. The van der Waals surface area contributed by atoms with Crippen LogP contribution in [-0.2, 0) is 4.79 Å². The van der Waals surface area contributed by atoms with Crippen molar-refractivity contribution in [2.75, 3.05) is 0 Å². The maximum absolute atomic E-state index is 10.8. The predicted molar refractivity (Wildman–Crippen MR) is 58.2 cm³/mol. The van der Waals surface area contributed by atoms with Gasteiger partial charge in [-0.1, -0.05) is 31.4 Å². The van der Waals surface area contributed by atoms with E-state index >= 15 is 0 Å². The zero-order valence-corrected chi connectivity index (χ0v) is 9.44. The van der Waals surface area contributed by atoms with Crippen molar-refractivity contribution in [2.45, 2.75) is 45.4 Å². The molecule has 0 aromatic carbocycles. The van der Waals surface area contributed by atoms with Gasteiger partial charge in [-0.2, -0.15) is 0 Å². The molecular weight excluding hydrogens is 196 g/mol. The molecule has 0 radical (unpaired) electrons. The first-order chi connectivity index (χ1) is 6.65. The standard InChI is InChI=1S/C12H17ClO/c1-12-5-3-2-4-10(12)6-11(13)9(7-12)8-14/h8,10H,2-7H2,1H3/t10-,12+/m1/s1. The molecule has 1 nitrogen and oxygen atoms in total. The van der Waals surface area contributed by atoms with Gasteiger partial charge in [-0.3, -0.25) is 4.79 Å². The lowest BCUT2D eigenvalue weighted by molar-refractivity contribution is -0.105. The summed E-state index contributed by atoms with van der Waals surface area (Å²) in [5.74, 6) is 0.715. The second kappa shape index (κ2) is 3.69. The summed E-state index contributed by atoms with van der Waals surface area (Å²) in [6, 6.07) is 0. The Morgan fingerprint density at radius 3 is 3.00 bits per heavy atom. The summed E-state index contributed by atoms with van der Waals surface area (Å²) in [4.78, 5) is 10.8. The molecule has 0 N–H and O–H groups in total. The number of fused-ring (bicyclic) bond motifs is 1. The number of hydrogen-bond donors (Lipinski definition) is 0. The van der Waals surface area contributed by atoms with E-state index in [-0.39, 0.29) is 0 Å². The van der Waals surface area contributed by atoms with E-state index in [2.05, 4.69) is 6.92 Å². The average Bonchev–Trinajstić information content (AvgIpc) is 2.18. The molecule has 1 fully saturated rings. The number of aldehydes is 1. The highest BCUT2D eigenvalue weighted by Gasteiger charge is 2.40. The molecule has 2 atom stereocenters. The molecule has 0 saturated heterocycles. The third-order valence-electron chi connectivity index (χ3n) is 4.05. The first-order valence-corrected chi connectivity index (χ1v) is 5.86. The monoisotopic (exact) mass is 212 g/mol. The van der Waals surface area contributed by atoms with Crippen LogP contribution in [-0.4, -0.2) is 6.29 Å². The minimum Gasteiger partial charge on any atom is -0.298 e. The van der Waals surface area contributed by atoms with E-state index in [9.17, 15) is 4.79 Å². The van der Waals surface area contributed by atoms with Crippen LogP contribution in [0.3, 0.4) is 0 Å². The highest BCUT2D eigenvalue weighted by atomic mass is 35.5. The lowest BCUT2D eigenvalue weighted by Crippen LogP contribution is -2.34. The minimum atomic E-state index is 0.354. The smallest absolute Gasteiger partial charge is 0.147 e. The predicted octanol–water partition coefficient (Wildman–Crippen LogP) is 3.67. The van der Waals surface area contributed by atoms with Crippen molar-refractivity contribution in [3.05, 3.63) is 10.6 Å². The van der Waals surface area contributed by atoms with Crippen LogP contribution in [0.1, 0.15) is 45.4 Å². The van der Waals surface area contributed by atoms with Crippen LogP contribution in [0.5, 0.6) is 0 Å². The molecule has 78 valence electrons. The molecule has 0 aromatic rings. The van der Waals surface area contributed by atoms with Crippen molar-refractivity contribution < 1.29 is 4.79 Å². The molecule has 0 aromatic heterocycles. The van der Waals surface area contributed by atoms with E-state index in [1.54, 1.807) is 0 Å². The largest absolute Gasteiger partial charge is 0.298 e. The van der Waals surface area contributed by atoms with Crippen molar-refractivity contribution in [3.63, 3.8) is 0 Å². The first-order valence-electron chi connectivity index (χ1n) is 5.48. The van der Waals surface area contributed by atoms with E-state index in [4.69, 9.17) is 11.6 Å². The highest BCUT2D eigenvalue weighted by molar-refractivity contribution is 6.31. The fraction of sp³-hybridized carbons (Fsp3) is 0.750. The SMILES string of the molecule is C[C@@]12CCCC[C@@H]1CC(Cl)=C(C=O)C2. The molecule has 2 aliphatic rings. The van der Waals surface area contributed by atoms with Crippen molar-refractivity contribution in [3.8, 4) is 0 Å². The van der Waals surface area contributed by atoms with E-state index in [1.165, 1.54) is 25.7 Å². The molecule has 0 spiro atoms. The van der Waals surface area contributed by atoms with Gasteiger partial charge in [0.25, 0.3) is 0 Å². The van der Waals surface area contributed by atoms with Gasteiger partial charge >= 0.3 is 0 Å². The average molecular weight is 213 g/mol. The Bertz CT molecular complexity index is 282. The Kier molecular flexibility index (Phi) is 2.70. The van der Waals surface area contributed by atoms with Gasteiger partial charge in [0.2, 0.25) is 0 Å². The van der Waals surface area contributed by atoms with Crippen molar-refractivity contribution >= 4 is 17.9 Å². The summed E-state index contributed by atoms with van der Waals surface area (Å²) in [6.07, 6.45) is 8.00. The Morgan fingerprint density at radius 2 is 2.29 bits per heavy atom. The molecule has 14 heavy (non-hydrogen) atoms. The lowest BCUT2D eigenvalue weighted by atomic mass is 9.61. The zero-order chi connectivity index (χ0) is 10.2. The number of hydrogen-bond acceptors (Lipinski definition) is 1. The molecule has 1 saturated carbocycles. The Balaban J connectivity index is 2.25. The number of carbonyl (C=O) groups excluding carboxylic acids is 1. The van der Waals surface area contributed by atoms with Crippen LogP contribution in [0.15, 0.2) is 10.6 Å². The normalized spacial score (nSPS) is 38.0. The van der Waals surface area contributed by atoms with Gasteiger partial charge in [-0.15, -0.1) is 0 Å². The molecule has 0 amide bonds. The zero-order valence-electron chi connectivity index (χ0n) is 8.68. The Labute approximate surface area is 90.5 Å². The summed E-state index contributed by atoms with van der Waals surface area (Å²) in [5, 5.41) is 0.823. The highest BCUT2D eigenvalue weighted by Crippen LogP contribution is 2.51. The summed E-state index contributed by atoms with van der Waals surface area (Å²) < 4.78 is 0. The number of rotatable bonds is 1. The quantitative estimate of drug-likeness (QED) is 0.607. The molecule has 2 aliphatic carbocycles. The van der Waals surface area contributed by atoms with Crippen LogP contribution in [0.2, 0.25) is 0 Å². The van der Waals surface area contributed by atoms with Crippen LogP contribution in [0, 0.1) is 11.3 Å². The number of halogens is 1. The van der Waals surface area contributed by atoms with E-state index in [1.807, 2.05) is 0 Å². The van der Waals surface area contributed by atoms with E-state index in [0.29, 0.717) is 11.3 Å². The molecule has 0 bridgehead atoms. The molecule has 0 heterocycles. The molecule has 0 unspecified atom stereocenters. The third kappa shape index (κ3) is 1.63. The summed E-state index contributed by atoms with van der Waals surface area (Å²) in [7, 11) is 0. The number of allylic oxidation sites excluding steroid dienone is 2. The summed E-state index contributed by atoms with van der Waals surface area (Å²) in [6.45, 7) is 2.32. The maximum Gasteiger partial charge on any atom is 0.147 e. The topological polar surface area (TPSA) is 17.1 Å².